The zero-order valence-corrected chi connectivity index (χ0v) is 9.92. The summed E-state index contributed by atoms with van der Waals surface area (Å²) in [6.45, 7) is 1.72. The quantitative estimate of drug-likeness (QED) is 0.778. The van der Waals surface area contributed by atoms with Gasteiger partial charge in [0.15, 0.2) is 5.78 Å². The molecule has 0 aliphatic carbocycles. The van der Waals surface area contributed by atoms with E-state index in [-0.39, 0.29) is 17.2 Å². The summed E-state index contributed by atoms with van der Waals surface area (Å²) in [5.74, 6) is -0.0386. The number of furan rings is 1. The molecular formula is C13H10ClFO2. The predicted octanol–water partition coefficient (Wildman–Crippen LogP) is 3.81. The van der Waals surface area contributed by atoms with Gasteiger partial charge in [0.25, 0.3) is 0 Å². The summed E-state index contributed by atoms with van der Waals surface area (Å²) in [5.41, 5.74) is 1.12. The highest BCUT2D eigenvalue weighted by molar-refractivity contribution is 6.30. The number of benzene rings is 1. The first-order valence-electron chi connectivity index (χ1n) is 5.09. The molecule has 2 aromatic rings. The summed E-state index contributed by atoms with van der Waals surface area (Å²) in [7, 11) is 0. The maximum absolute atomic E-state index is 13.2. The highest BCUT2D eigenvalue weighted by Gasteiger charge is 2.12. The van der Waals surface area contributed by atoms with Crippen LogP contribution >= 0.6 is 11.6 Å². The van der Waals surface area contributed by atoms with E-state index in [0.29, 0.717) is 16.9 Å². The molecule has 0 radical (unpaired) electrons. The number of halogens is 2. The van der Waals surface area contributed by atoms with Crippen molar-refractivity contribution in [1.82, 2.24) is 0 Å². The van der Waals surface area contributed by atoms with Gasteiger partial charge in [0, 0.05) is 6.42 Å². The molecule has 0 saturated heterocycles. The van der Waals surface area contributed by atoms with Crippen molar-refractivity contribution in [3.05, 3.63) is 58.3 Å². The van der Waals surface area contributed by atoms with Gasteiger partial charge in [0.05, 0.1) is 16.8 Å². The second-order valence-electron chi connectivity index (χ2n) is 3.74. The molecular weight excluding hydrogens is 243 g/mol. The molecule has 0 atom stereocenters. The number of ketones is 1. The summed E-state index contributed by atoms with van der Waals surface area (Å²) in [5, 5.41) is 0.0562. The summed E-state index contributed by atoms with van der Waals surface area (Å²) in [6, 6.07) is 5.97. The SMILES string of the molecule is Cc1occc1C(=O)Cc1ccc(Cl)c(F)c1. The topological polar surface area (TPSA) is 30.2 Å². The van der Waals surface area contributed by atoms with Gasteiger partial charge in [-0.3, -0.25) is 4.79 Å². The molecule has 2 nitrogen and oxygen atoms in total. The fourth-order valence-corrected chi connectivity index (χ4v) is 1.72. The molecule has 1 aromatic heterocycles. The fraction of sp³-hybridized carbons (Fsp3) is 0.154. The van der Waals surface area contributed by atoms with Gasteiger partial charge in [-0.15, -0.1) is 0 Å². The van der Waals surface area contributed by atoms with Gasteiger partial charge in [-0.2, -0.15) is 0 Å². The van der Waals surface area contributed by atoms with Gasteiger partial charge in [0.1, 0.15) is 11.6 Å². The third-order valence-corrected chi connectivity index (χ3v) is 2.81. The second kappa shape index (κ2) is 4.72. The van der Waals surface area contributed by atoms with E-state index in [1.54, 1.807) is 19.1 Å². The number of carbonyl (C=O) groups excluding carboxylic acids is 1. The maximum Gasteiger partial charge on any atom is 0.170 e. The first-order chi connectivity index (χ1) is 8.08. The first-order valence-corrected chi connectivity index (χ1v) is 5.47. The van der Waals surface area contributed by atoms with Crippen molar-refractivity contribution >= 4 is 17.4 Å². The minimum Gasteiger partial charge on any atom is -0.469 e. The van der Waals surface area contributed by atoms with Crippen molar-refractivity contribution in [3.63, 3.8) is 0 Å². The molecule has 0 N–H and O–H groups in total. The second-order valence-corrected chi connectivity index (χ2v) is 4.15. The summed E-state index contributed by atoms with van der Waals surface area (Å²) in [4.78, 5) is 11.9. The molecule has 1 aromatic carbocycles. The Labute approximate surface area is 103 Å². The number of carbonyl (C=O) groups is 1. The van der Waals surface area contributed by atoms with Crippen LogP contribution in [-0.2, 0) is 6.42 Å². The van der Waals surface area contributed by atoms with Gasteiger partial charge in [-0.25, -0.2) is 4.39 Å². The Kier molecular flexibility index (Phi) is 3.29. The van der Waals surface area contributed by atoms with Crippen LogP contribution in [0.4, 0.5) is 4.39 Å². The van der Waals surface area contributed by atoms with Gasteiger partial charge in [-0.05, 0) is 30.7 Å². The standard InChI is InChI=1S/C13H10ClFO2/c1-8-10(4-5-17-8)13(16)7-9-2-3-11(14)12(15)6-9/h2-6H,7H2,1H3. The van der Waals surface area contributed by atoms with Crippen LogP contribution in [0.3, 0.4) is 0 Å². The summed E-state index contributed by atoms with van der Waals surface area (Å²) >= 11 is 5.57. The van der Waals surface area contributed by atoms with Crippen LogP contribution in [0.2, 0.25) is 5.02 Å². The highest BCUT2D eigenvalue weighted by Crippen LogP contribution is 2.18. The van der Waals surface area contributed by atoms with Crippen LogP contribution in [-0.4, -0.2) is 5.78 Å². The number of hydrogen-bond acceptors (Lipinski definition) is 2. The molecule has 0 bridgehead atoms. The summed E-state index contributed by atoms with van der Waals surface area (Å²) in [6.07, 6.45) is 1.60. The average molecular weight is 253 g/mol. The van der Waals surface area contributed by atoms with Crippen LogP contribution in [0.25, 0.3) is 0 Å². The smallest absolute Gasteiger partial charge is 0.170 e. The average Bonchev–Trinajstić information content (AvgIpc) is 2.70. The van der Waals surface area contributed by atoms with Gasteiger partial charge >= 0.3 is 0 Å². The molecule has 0 amide bonds. The first kappa shape index (κ1) is 11.9. The van der Waals surface area contributed by atoms with E-state index in [9.17, 15) is 9.18 Å². The van der Waals surface area contributed by atoms with E-state index in [2.05, 4.69) is 0 Å². The number of hydrogen-bond donors (Lipinski definition) is 0. The van der Waals surface area contributed by atoms with Crippen molar-refractivity contribution in [2.75, 3.05) is 0 Å². The van der Waals surface area contributed by atoms with E-state index in [1.165, 1.54) is 18.4 Å². The molecule has 0 fully saturated rings. The van der Waals surface area contributed by atoms with Gasteiger partial charge < -0.3 is 4.42 Å². The van der Waals surface area contributed by atoms with E-state index >= 15 is 0 Å². The lowest BCUT2D eigenvalue weighted by Gasteiger charge is -2.01. The minimum absolute atomic E-state index is 0.0562. The van der Waals surface area contributed by atoms with Crippen molar-refractivity contribution < 1.29 is 13.6 Å². The third kappa shape index (κ3) is 2.56. The Balaban J connectivity index is 2.19. The largest absolute Gasteiger partial charge is 0.469 e. The summed E-state index contributed by atoms with van der Waals surface area (Å²) < 4.78 is 18.2. The van der Waals surface area contributed by atoms with Crippen molar-refractivity contribution in [3.8, 4) is 0 Å². The van der Waals surface area contributed by atoms with Crippen LogP contribution in [0.15, 0.2) is 34.9 Å². The Morgan fingerprint density at radius 2 is 2.18 bits per heavy atom. The lowest BCUT2D eigenvalue weighted by Crippen LogP contribution is -2.04. The molecule has 0 aliphatic heterocycles. The molecule has 17 heavy (non-hydrogen) atoms. The maximum atomic E-state index is 13.2. The molecule has 2 rings (SSSR count). The molecule has 0 unspecified atom stereocenters. The van der Waals surface area contributed by atoms with Crippen molar-refractivity contribution in [1.29, 1.82) is 0 Å². The Bertz CT molecular complexity index is 560. The van der Waals surface area contributed by atoms with Gasteiger partial charge in [0.2, 0.25) is 0 Å². The van der Waals surface area contributed by atoms with E-state index in [1.807, 2.05) is 0 Å². The lowest BCUT2D eigenvalue weighted by atomic mass is 10.0. The predicted molar refractivity (Wildman–Crippen MR) is 62.9 cm³/mol. The van der Waals surface area contributed by atoms with E-state index in [4.69, 9.17) is 16.0 Å². The Hall–Kier alpha value is -1.61. The van der Waals surface area contributed by atoms with Crippen LogP contribution in [0, 0.1) is 12.7 Å². The normalized spacial score (nSPS) is 10.5. The molecule has 1 heterocycles. The minimum atomic E-state index is -0.513. The monoisotopic (exact) mass is 252 g/mol. The molecule has 0 saturated carbocycles. The van der Waals surface area contributed by atoms with Crippen molar-refractivity contribution in [2.45, 2.75) is 13.3 Å². The lowest BCUT2D eigenvalue weighted by molar-refractivity contribution is 0.0991. The Morgan fingerprint density at radius 3 is 2.76 bits per heavy atom. The number of rotatable bonds is 3. The molecule has 0 aliphatic rings. The zero-order valence-electron chi connectivity index (χ0n) is 9.17. The number of Topliss-reactive ketones (excluding diaryl/α,β-unsaturated/α-hetero) is 1. The molecule has 88 valence electrons. The Morgan fingerprint density at radius 1 is 1.41 bits per heavy atom. The van der Waals surface area contributed by atoms with Crippen LogP contribution < -0.4 is 0 Å². The van der Waals surface area contributed by atoms with E-state index < -0.39 is 5.82 Å². The number of aryl methyl sites for hydroxylation is 1. The van der Waals surface area contributed by atoms with Crippen LogP contribution in [0.5, 0.6) is 0 Å². The van der Waals surface area contributed by atoms with E-state index in [0.717, 1.165) is 0 Å². The van der Waals surface area contributed by atoms with Crippen LogP contribution in [0.1, 0.15) is 21.7 Å². The highest BCUT2D eigenvalue weighted by atomic mass is 35.5. The zero-order chi connectivity index (χ0) is 12.4. The third-order valence-electron chi connectivity index (χ3n) is 2.51. The fourth-order valence-electron chi connectivity index (χ4n) is 1.60. The molecule has 0 spiro atoms. The van der Waals surface area contributed by atoms with Gasteiger partial charge in [-0.1, -0.05) is 17.7 Å². The molecule has 4 heteroatoms. The van der Waals surface area contributed by atoms with Crippen molar-refractivity contribution in [2.24, 2.45) is 0 Å².